The van der Waals surface area contributed by atoms with Crippen LogP contribution in [0.5, 0.6) is 0 Å². The molecular formula is C35H37N13O. The lowest BCUT2D eigenvalue weighted by Gasteiger charge is -2.13. The van der Waals surface area contributed by atoms with Gasteiger partial charge in [0.15, 0.2) is 0 Å². The Morgan fingerprint density at radius 2 is 0.959 bits per heavy atom. The maximum Gasteiger partial charge on any atom is 0.233 e. The summed E-state index contributed by atoms with van der Waals surface area (Å²) >= 11 is 0. The second-order valence-electron chi connectivity index (χ2n) is 10.8. The number of rotatable bonds is 16. The fraction of sp³-hybridized carbons (Fsp3) is 0.143. The highest BCUT2D eigenvalue weighted by molar-refractivity contribution is 5.60. The van der Waals surface area contributed by atoms with Crippen molar-refractivity contribution >= 4 is 58.4 Å². The van der Waals surface area contributed by atoms with Crippen LogP contribution in [-0.2, 0) is 13.0 Å². The van der Waals surface area contributed by atoms with E-state index in [1.165, 1.54) is 0 Å². The molecule has 248 valence electrons. The average Bonchev–Trinajstić information content (AvgIpc) is 3.12. The van der Waals surface area contributed by atoms with Crippen LogP contribution in [0.2, 0.25) is 0 Å². The molecule has 0 atom stereocenters. The van der Waals surface area contributed by atoms with Gasteiger partial charge < -0.3 is 42.7 Å². The summed E-state index contributed by atoms with van der Waals surface area (Å²) in [5.41, 5.74) is 11.2. The minimum atomic E-state index is -0.0537. The number of nitrogens with zero attached hydrogens (tertiary/aromatic N) is 6. The molecule has 9 N–H and O–H groups in total. The van der Waals surface area contributed by atoms with Gasteiger partial charge in [-0.2, -0.15) is 29.9 Å². The fourth-order valence-corrected chi connectivity index (χ4v) is 4.70. The van der Waals surface area contributed by atoms with Crippen molar-refractivity contribution in [1.82, 2.24) is 29.9 Å². The lowest BCUT2D eigenvalue weighted by atomic mass is 10.1. The summed E-state index contributed by atoms with van der Waals surface area (Å²) in [6.45, 7) is 1.30. The predicted octanol–water partition coefficient (Wildman–Crippen LogP) is 5.54. The van der Waals surface area contributed by atoms with Crippen molar-refractivity contribution in [2.24, 2.45) is 0 Å². The van der Waals surface area contributed by atoms with Crippen molar-refractivity contribution in [3.05, 3.63) is 120 Å². The third-order valence-electron chi connectivity index (χ3n) is 7.04. The number of nitrogen functional groups attached to an aromatic ring is 1. The van der Waals surface area contributed by atoms with Crippen molar-refractivity contribution in [3.63, 3.8) is 0 Å². The molecule has 0 aliphatic heterocycles. The van der Waals surface area contributed by atoms with Crippen LogP contribution in [0.4, 0.5) is 58.4 Å². The average molecular weight is 656 g/mol. The molecule has 4 aromatic carbocycles. The highest BCUT2D eigenvalue weighted by Gasteiger charge is 2.10. The largest absolute Gasteiger partial charge is 0.399 e. The van der Waals surface area contributed by atoms with Gasteiger partial charge in [-0.15, -0.1) is 0 Å². The Bertz CT molecular complexity index is 1930. The van der Waals surface area contributed by atoms with Crippen molar-refractivity contribution in [1.29, 1.82) is 0 Å². The molecule has 14 nitrogen and oxygen atoms in total. The van der Waals surface area contributed by atoms with E-state index in [4.69, 9.17) is 5.73 Å². The number of hydrogen-bond acceptors (Lipinski definition) is 14. The second kappa shape index (κ2) is 16.3. The van der Waals surface area contributed by atoms with Gasteiger partial charge in [0, 0.05) is 42.4 Å². The zero-order valence-electron chi connectivity index (χ0n) is 26.6. The maximum atomic E-state index is 9.28. The Hall–Kier alpha value is -6.54. The van der Waals surface area contributed by atoms with Gasteiger partial charge in [-0.05, 0) is 66.1 Å². The molecule has 49 heavy (non-hydrogen) atoms. The van der Waals surface area contributed by atoms with Gasteiger partial charge in [-0.1, -0.05) is 60.7 Å². The smallest absolute Gasteiger partial charge is 0.233 e. The molecule has 0 radical (unpaired) electrons. The van der Waals surface area contributed by atoms with E-state index in [2.05, 4.69) is 61.8 Å². The number of aromatic nitrogens is 6. The van der Waals surface area contributed by atoms with Crippen molar-refractivity contribution in [3.8, 4) is 0 Å². The van der Waals surface area contributed by atoms with E-state index in [1.807, 2.05) is 109 Å². The number of aliphatic hydroxyl groups is 1. The lowest BCUT2D eigenvalue weighted by Crippen LogP contribution is -2.13. The van der Waals surface area contributed by atoms with Crippen LogP contribution in [0.25, 0.3) is 0 Å². The zero-order valence-corrected chi connectivity index (χ0v) is 26.6. The summed E-state index contributed by atoms with van der Waals surface area (Å²) in [6, 6.07) is 35.0. The van der Waals surface area contributed by atoms with Gasteiger partial charge >= 0.3 is 0 Å². The first-order chi connectivity index (χ1) is 24.1. The van der Waals surface area contributed by atoms with Crippen LogP contribution in [-0.4, -0.2) is 54.7 Å². The SMILES string of the molecule is Nc1ccc(CCNc2nc(Nc3ccccc3)nc(Nc3cccc(CNc4nc(NCCO)nc(Nc5ccccc5)n4)c3)n2)cc1. The van der Waals surface area contributed by atoms with Gasteiger partial charge in [-0.25, -0.2) is 0 Å². The van der Waals surface area contributed by atoms with E-state index >= 15 is 0 Å². The van der Waals surface area contributed by atoms with E-state index in [0.29, 0.717) is 55.3 Å². The van der Waals surface area contributed by atoms with Gasteiger partial charge in [-0.3, -0.25) is 0 Å². The summed E-state index contributed by atoms with van der Waals surface area (Å²) in [5.74, 6) is 2.29. The first kappa shape index (κ1) is 32.4. The first-order valence-electron chi connectivity index (χ1n) is 15.8. The molecule has 0 aliphatic rings. The van der Waals surface area contributed by atoms with Crippen molar-refractivity contribution in [2.75, 3.05) is 57.3 Å². The minimum Gasteiger partial charge on any atom is -0.399 e. The van der Waals surface area contributed by atoms with Crippen LogP contribution in [0, 0.1) is 0 Å². The zero-order chi connectivity index (χ0) is 33.7. The van der Waals surface area contributed by atoms with Crippen LogP contribution in [0.1, 0.15) is 11.1 Å². The summed E-state index contributed by atoms with van der Waals surface area (Å²) in [7, 11) is 0. The molecule has 2 heterocycles. The van der Waals surface area contributed by atoms with Crippen LogP contribution < -0.4 is 37.6 Å². The number of hydrogen-bond donors (Lipinski definition) is 8. The van der Waals surface area contributed by atoms with Gasteiger partial charge in [0.2, 0.25) is 35.7 Å². The topological polar surface area (TPSA) is 196 Å². The van der Waals surface area contributed by atoms with Crippen molar-refractivity contribution in [2.45, 2.75) is 13.0 Å². The number of nitrogens with one attached hydrogen (secondary N) is 6. The molecule has 2 aromatic heterocycles. The molecule has 0 unspecified atom stereocenters. The lowest BCUT2D eigenvalue weighted by molar-refractivity contribution is 0.311. The molecule has 0 saturated carbocycles. The molecule has 0 spiro atoms. The Balaban J connectivity index is 1.15. The molecule has 6 aromatic rings. The molecule has 0 fully saturated rings. The molecule has 0 aliphatic carbocycles. The van der Waals surface area contributed by atoms with E-state index in [-0.39, 0.29) is 6.61 Å². The normalized spacial score (nSPS) is 10.6. The molecular weight excluding hydrogens is 618 g/mol. The first-order valence-corrected chi connectivity index (χ1v) is 15.8. The summed E-state index contributed by atoms with van der Waals surface area (Å²) < 4.78 is 0. The molecule has 0 bridgehead atoms. The number of para-hydroxylation sites is 2. The number of aliphatic hydroxyl groups excluding tert-OH is 1. The van der Waals surface area contributed by atoms with Crippen molar-refractivity contribution < 1.29 is 5.11 Å². The predicted molar refractivity (Wildman–Crippen MR) is 195 cm³/mol. The summed E-state index contributed by atoms with van der Waals surface area (Å²) in [4.78, 5) is 27.3. The fourth-order valence-electron chi connectivity index (χ4n) is 4.70. The van der Waals surface area contributed by atoms with Gasteiger partial charge in [0.25, 0.3) is 0 Å². The Kier molecular flexibility index (Phi) is 10.8. The summed E-state index contributed by atoms with van der Waals surface area (Å²) in [6.07, 6.45) is 0.773. The summed E-state index contributed by atoms with van der Waals surface area (Å²) in [5, 5.41) is 28.7. The number of nitrogens with two attached hydrogens (primary N) is 1. The van der Waals surface area contributed by atoms with Gasteiger partial charge in [0.1, 0.15) is 0 Å². The Morgan fingerprint density at radius 1 is 0.469 bits per heavy atom. The van der Waals surface area contributed by atoms with Crippen LogP contribution >= 0.6 is 0 Å². The van der Waals surface area contributed by atoms with E-state index in [9.17, 15) is 5.11 Å². The van der Waals surface area contributed by atoms with Crippen LogP contribution in [0.15, 0.2) is 109 Å². The third-order valence-corrected chi connectivity index (χ3v) is 7.04. The number of anilines is 10. The van der Waals surface area contributed by atoms with Crippen LogP contribution in [0.3, 0.4) is 0 Å². The Morgan fingerprint density at radius 3 is 1.55 bits per heavy atom. The van der Waals surface area contributed by atoms with E-state index in [0.717, 1.165) is 40.3 Å². The van der Waals surface area contributed by atoms with E-state index in [1.54, 1.807) is 0 Å². The van der Waals surface area contributed by atoms with E-state index < -0.39 is 0 Å². The Labute approximate surface area is 283 Å². The highest BCUT2D eigenvalue weighted by Crippen LogP contribution is 2.21. The monoisotopic (exact) mass is 655 g/mol. The second-order valence-corrected chi connectivity index (χ2v) is 10.8. The molecule has 14 heteroatoms. The third kappa shape index (κ3) is 9.97. The van der Waals surface area contributed by atoms with Gasteiger partial charge in [0.05, 0.1) is 6.61 Å². The maximum absolute atomic E-state index is 9.28. The standard InChI is InChI=1S/C35H37N13O/c36-26-16-14-24(15-17-26)18-19-37-30-44-34(41-28-11-5-2-6-12-28)48-35(45-30)42-29-13-7-8-25(22-29)23-39-32-43-31(38-20-21-49)46-33(47-32)40-27-9-3-1-4-10-27/h1-17,22,49H,18-21,23,36H2,(H3,37,41,42,44,45,48)(H3,38,39,40,43,46,47). The minimum absolute atomic E-state index is 0.0537. The molecule has 0 saturated heterocycles. The quantitative estimate of drug-likeness (QED) is 0.0605. The number of benzene rings is 4. The molecule has 6 rings (SSSR count). The highest BCUT2D eigenvalue weighted by atomic mass is 16.3. The molecule has 0 amide bonds.